The summed E-state index contributed by atoms with van der Waals surface area (Å²) in [6.07, 6.45) is 1.07. The van der Waals surface area contributed by atoms with Crippen molar-refractivity contribution in [2.45, 2.75) is 38.8 Å². The minimum Gasteiger partial charge on any atom is -0.487 e. The number of benzene rings is 1. The van der Waals surface area contributed by atoms with Crippen LogP contribution in [-0.2, 0) is 0 Å². The number of hydrogen-bond acceptors (Lipinski definition) is 3. The predicted molar refractivity (Wildman–Crippen MR) is 92.2 cm³/mol. The summed E-state index contributed by atoms with van der Waals surface area (Å²) >= 11 is 0. The van der Waals surface area contributed by atoms with Gasteiger partial charge in [0.2, 0.25) is 0 Å². The summed E-state index contributed by atoms with van der Waals surface area (Å²) in [5, 5.41) is 3.44. The normalized spacial score (nSPS) is 24.0. The number of piperazine rings is 1. The van der Waals surface area contributed by atoms with Gasteiger partial charge in [0.25, 0.3) is 0 Å². The van der Waals surface area contributed by atoms with E-state index >= 15 is 0 Å². The molecule has 1 saturated heterocycles. The van der Waals surface area contributed by atoms with Gasteiger partial charge in [-0.3, -0.25) is 4.90 Å². The number of nitrogens with zero attached hydrogens (tertiary/aromatic N) is 1. The molecule has 1 N–H and O–H groups in total. The molecule has 3 rings (SSSR count). The fraction of sp³-hybridized carbons (Fsp3) is 0.625. The average molecular weight is 333 g/mol. The second-order valence-electron chi connectivity index (χ2n) is 6.41. The molecule has 1 aromatic rings. The van der Waals surface area contributed by atoms with Crippen molar-refractivity contribution in [2.75, 3.05) is 26.2 Å². The van der Waals surface area contributed by atoms with Crippen molar-refractivity contribution < 1.29 is 4.74 Å². The minimum absolute atomic E-state index is 0. The highest BCUT2D eigenvalue weighted by molar-refractivity contribution is 5.85. The topological polar surface area (TPSA) is 24.5 Å². The number of rotatable bonds is 1. The van der Waals surface area contributed by atoms with Gasteiger partial charge in [-0.15, -0.1) is 24.8 Å². The van der Waals surface area contributed by atoms with Crippen molar-refractivity contribution in [3.8, 4) is 5.75 Å². The van der Waals surface area contributed by atoms with Gasteiger partial charge in [0.05, 0.1) is 0 Å². The van der Waals surface area contributed by atoms with E-state index < -0.39 is 0 Å². The van der Waals surface area contributed by atoms with Crippen LogP contribution in [0.15, 0.2) is 18.2 Å². The van der Waals surface area contributed by atoms with E-state index in [2.05, 4.69) is 49.2 Å². The maximum Gasteiger partial charge on any atom is 0.124 e. The van der Waals surface area contributed by atoms with Gasteiger partial charge in [0, 0.05) is 44.2 Å². The highest BCUT2D eigenvalue weighted by atomic mass is 35.5. The Balaban J connectivity index is 0.00000110. The maximum absolute atomic E-state index is 6.15. The first-order valence-electron chi connectivity index (χ1n) is 7.29. The van der Waals surface area contributed by atoms with E-state index in [1.165, 1.54) is 11.1 Å². The molecule has 1 atom stereocenters. The first-order valence-corrected chi connectivity index (χ1v) is 7.29. The molecule has 2 heterocycles. The molecule has 2 aliphatic heterocycles. The number of aryl methyl sites for hydroxylation is 1. The quantitative estimate of drug-likeness (QED) is 0.853. The van der Waals surface area contributed by atoms with Gasteiger partial charge in [-0.05, 0) is 26.8 Å². The van der Waals surface area contributed by atoms with E-state index in [0.29, 0.717) is 6.04 Å². The first-order chi connectivity index (χ1) is 9.05. The van der Waals surface area contributed by atoms with Crippen LogP contribution in [0.2, 0.25) is 0 Å². The lowest BCUT2D eigenvalue weighted by molar-refractivity contribution is 0.0259. The number of hydrogen-bond donors (Lipinski definition) is 1. The molecule has 5 heteroatoms. The highest BCUT2D eigenvalue weighted by Gasteiger charge is 2.36. The summed E-state index contributed by atoms with van der Waals surface area (Å²) in [6.45, 7) is 11.0. The summed E-state index contributed by atoms with van der Waals surface area (Å²) < 4.78 is 6.15. The van der Waals surface area contributed by atoms with Gasteiger partial charge >= 0.3 is 0 Å². The molecule has 1 fully saturated rings. The Labute approximate surface area is 140 Å². The third-order valence-electron chi connectivity index (χ3n) is 4.19. The van der Waals surface area contributed by atoms with E-state index in [4.69, 9.17) is 4.74 Å². The summed E-state index contributed by atoms with van der Waals surface area (Å²) in [4.78, 5) is 2.61. The van der Waals surface area contributed by atoms with Crippen molar-refractivity contribution in [1.82, 2.24) is 10.2 Å². The lowest BCUT2D eigenvalue weighted by Gasteiger charge is -2.44. The van der Waals surface area contributed by atoms with E-state index in [1.807, 2.05) is 0 Å². The van der Waals surface area contributed by atoms with E-state index in [9.17, 15) is 0 Å². The van der Waals surface area contributed by atoms with Crippen molar-refractivity contribution in [2.24, 2.45) is 0 Å². The van der Waals surface area contributed by atoms with Crippen LogP contribution in [0.5, 0.6) is 5.75 Å². The SMILES string of the molecule is Cc1ccc2c(c1)C(N1CCNCC1)CC(C)(C)O2.Cl.Cl. The molecule has 0 radical (unpaired) electrons. The third-order valence-corrected chi connectivity index (χ3v) is 4.19. The molecule has 0 spiro atoms. The minimum atomic E-state index is -0.0716. The monoisotopic (exact) mass is 332 g/mol. The molecular formula is C16H26Cl2N2O. The Morgan fingerprint density at radius 1 is 1.19 bits per heavy atom. The van der Waals surface area contributed by atoms with Crippen LogP contribution >= 0.6 is 24.8 Å². The largest absolute Gasteiger partial charge is 0.487 e. The zero-order valence-electron chi connectivity index (χ0n) is 13.0. The summed E-state index contributed by atoms with van der Waals surface area (Å²) in [5.41, 5.74) is 2.63. The zero-order valence-corrected chi connectivity index (χ0v) is 14.6. The lowest BCUT2D eigenvalue weighted by atomic mass is 9.87. The fourth-order valence-electron chi connectivity index (χ4n) is 3.26. The second kappa shape index (κ2) is 7.19. The third kappa shape index (κ3) is 4.04. The van der Waals surface area contributed by atoms with Crippen LogP contribution in [0, 0.1) is 6.92 Å². The molecule has 0 aliphatic carbocycles. The number of fused-ring (bicyclic) bond motifs is 1. The molecule has 120 valence electrons. The zero-order chi connectivity index (χ0) is 13.5. The van der Waals surface area contributed by atoms with Gasteiger partial charge < -0.3 is 10.1 Å². The molecule has 0 saturated carbocycles. The number of halogens is 2. The van der Waals surface area contributed by atoms with Gasteiger partial charge in [-0.1, -0.05) is 17.7 Å². The van der Waals surface area contributed by atoms with Crippen LogP contribution < -0.4 is 10.1 Å². The molecule has 3 nitrogen and oxygen atoms in total. The van der Waals surface area contributed by atoms with Gasteiger partial charge in [-0.2, -0.15) is 0 Å². The van der Waals surface area contributed by atoms with Crippen LogP contribution in [0.4, 0.5) is 0 Å². The van der Waals surface area contributed by atoms with Gasteiger partial charge in [0.15, 0.2) is 0 Å². The number of nitrogens with one attached hydrogen (secondary N) is 1. The van der Waals surface area contributed by atoms with E-state index in [1.54, 1.807) is 0 Å². The molecular weight excluding hydrogens is 307 g/mol. The molecule has 21 heavy (non-hydrogen) atoms. The Morgan fingerprint density at radius 2 is 1.86 bits per heavy atom. The first kappa shape index (κ1) is 18.6. The standard InChI is InChI=1S/C16H24N2O.2ClH/c1-12-4-5-15-13(10-12)14(11-16(2,3)19-15)18-8-6-17-7-9-18;;/h4-5,10,14,17H,6-9,11H2,1-3H3;2*1H. The molecule has 1 aromatic carbocycles. The average Bonchev–Trinajstić information content (AvgIpc) is 2.39. The van der Waals surface area contributed by atoms with Gasteiger partial charge in [0.1, 0.15) is 11.4 Å². The van der Waals surface area contributed by atoms with Crippen molar-refractivity contribution in [3.63, 3.8) is 0 Å². The summed E-state index contributed by atoms with van der Waals surface area (Å²) in [6, 6.07) is 7.09. The predicted octanol–water partition coefficient (Wildman–Crippen LogP) is 3.35. The fourth-order valence-corrected chi connectivity index (χ4v) is 3.26. The smallest absolute Gasteiger partial charge is 0.124 e. The van der Waals surface area contributed by atoms with Crippen LogP contribution in [0.3, 0.4) is 0 Å². The number of ether oxygens (including phenoxy) is 1. The molecule has 0 amide bonds. The van der Waals surface area contributed by atoms with E-state index in [0.717, 1.165) is 38.3 Å². The Kier molecular flexibility index (Phi) is 6.36. The highest BCUT2D eigenvalue weighted by Crippen LogP contribution is 2.42. The molecule has 2 aliphatic rings. The molecule has 0 bridgehead atoms. The Hall–Kier alpha value is -0.480. The Bertz CT molecular complexity index is 473. The van der Waals surface area contributed by atoms with Crippen molar-refractivity contribution in [1.29, 1.82) is 0 Å². The maximum atomic E-state index is 6.15. The lowest BCUT2D eigenvalue weighted by Crippen LogP contribution is -2.48. The summed E-state index contributed by atoms with van der Waals surface area (Å²) in [7, 11) is 0. The molecule has 1 unspecified atom stereocenters. The molecule has 0 aromatic heterocycles. The second-order valence-corrected chi connectivity index (χ2v) is 6.41. The Morgan fingerprint density at radius 3 is 2.52 bits per heavy atom. The van der Waals surface area contributed by atoms with Crippen LogP contribution in [0.25, 0.3) is 0 Å². The van der Waals surface area contributed by atoms with Crippen LogP contribution in [-0.4, -0.2) is 36.7 Å². The van der Waals surface area contributed by atoms with Crippen molar-refractivity contribution >= 4 is 24.8 Å². The van der Waals surface area contributed by atoms with Crippen LogP contribution in [0.1, 0.15) is 37.4 Å². The van der Waals surface area contributed by atoms with Gasteiger partial charge in [-0.25, -0.2) is 0 Å². The summed E-state index contributed by atoms with van der Waals surface area (Å²) in [5.74, 6) is 1.07. The van der Waals surface area contributed by atoms with E-state index in [-0.39, 0.29) is 30.4 Å². The van der Waals surface area contributed by atoms with Crippen molar-refractivity contribution in [3.05, 3.63) is 29.3 Å².